The summed E-state index contributed by atoms with van der Waals surface area (Å²) in [5, 5.41) is 29.9. The fourth-order valence-corrected chi connectivity index (χ4v) is 1.63. The Labute approximate surface area is 118 Å². The zero-order valence-electron chi connectivity index (χ0n) is 11.3. The molecule has 0 fully saturated rings. The third-order valence-corrected chi connectivity index (χ3v) is 3.11. The van der Waals surface area contributed by atoms with Crippen LogP contribution in [0, 0.1) is 11.3 Å². The number of hydrogen-bond acceptors (Lipinski definition) is 4. The molecule has 0 aliphatic heterocycles. The van der Waals surface area contributed by atoms with Crippen LogP contribution in [0.15, 0.2) is 30.3 Å². The van der Waals surface area contributed by atoms with Gasteiger partial charge in [0.05, 0.1) is 30.4 Å². The largest absolute Gasteiger partial charge is 0.394 e. The van der Waals surface area contributed by atoms with Gasteiger partial charge in [0.1, 0.15) is 0 Å². The van der Waals surface area contributed by atoms with Gasteiger partial charge in [0, 0.05) is 6.08 Å². The second-order valence-corrected chi connectivity index (χ2v) is 4.51. The molecular formula is C15H18N2O3. The number of nitrogens with zero attached hydrogens (tertiary/aromatic N) is 1. The molecule has 0 bridgehead atoms. The first-order valence-electron chi connectivity index (χ1n) is 6.31. The topological polar surface area (TPSA) is 93.3 Å². The fourth-order valence-electron chi connectivity index (χ4n) is 1.63. The Morgan fingerprint density at radius 2 is 2.15 bits per heavy atom. The van der Waals surface area contributed by atoms with E-state index in [9.17, 15) is 15.0 Å². The smallest absolute Gasteiger partial charge is 0.244 e. The summed E-state index contributed by atoms with van der Waals surface area (Å²) >= 11 is 0. The zero-order valence-corrected chi connectivity index (χ0v) is 11.3. The van der Waals surface area contributed by atoms with Crippen molar-refractivity contribution in [1.29, 1.82) is 5.26 Å². The van der Waals surface area contributed by atoms with Gasteiger partial charge in [-0.3, -0.25) is 4.79 Å². The van der Waals surface area contributed by atoms with E-state index >= 15 is 0 Å². The molecule has 0 atom stereocenters. The average molecular weight is 274 g/mol. The maximum Gasteiger partial charge on any atom is 0.244 e. The molecule has 0 aromatic heterocycles. The van der Waals surface area contributed by atoms with E-state index in [1.165, 1.54) is 6.08 Å². The number of nitrogens with one attached hydrogen (secondary N) is 1. The van der Waals surface area contributed by atoms with E-state index < -0.39 is 11.4 Å². The van der Waals surface area contributed by atoms with Gasteiger partial charge >= 0.3 is 0 Å². The number of benzene rings is 1. The lowest BCUT2D eigenvalue weighted by Crippen LogP contribution is -2.53. The van der Waals surface area contributed by atoms with Gasteiger partial charge in [0.15, 0.2) is 0 Å². The molecule has 1 aromatic rings. The molecule has 0 heterocycles. The minimum atomic E-state index is -1.00. The van der Waals surface area contributed by atoms with Crippen LogP contribution in [0.2, 0.25) is 0 Å². The monoisotopic (exact) mass is 274 g/mol. The Hall–Kier alpha value is -2.16. The normalized spacial score (nSPS) is 11.3. The van der Waals surface area contributed by atoms with E-state index in [-0.39, 0.29) is 13.2 Å². The Morgan fingerprint density at radius 3 is 2.70 bits per heavy atom. The van der Waals surface area contributed by atoms with E-state index in [0.717, 1.165) is 5.56 Å². The summed E-state index contributed by atoms with van der Waals surface area (Å²) < 4.78 is 0. The first kappa shape index (κ1) is 15.9. The molecule has 20 heavy (non-hydrogen) atoms. The van der Waals surface area contributed by atoms with Gasteiger partial charge in [0.25, 0.3) is 0 Å². The van der Waals surface area contributed by atoms with Crippen molar-refractivity contribution >= 4 is 12.0 Å². The highest BCUT2D eigenvalue weighted by Crippen LogP contribution is 2.09. The van der Waals surface area contributed by atoms with Crippen molar-refractivity contribution in [3.8, 4) is 6.07 Å². The van der Waals surface area contributed by atoms with Crippen molar-refractivity contribution in [2.75, 3.05) is 13.2 Å². The lowest BCUT2D eigenvalue weighted by molar-refractivity contribution is -0.119. The highest BCUT2D eigenvalue weighted by atomic mass is 16.3. The van der Waals surface area contributed by atoms with E-state index in [4.69, 9.17) is 5.26 Å². The number of carbonyl (C=O) groups excluding carboxylic acids is 1. The molecule has 5 nitrogen and oxygen atoms in total. The van der Waals surface area contributed by atoms with Gasteiger partial charge in [-0.2, -0.15) is 5.26 Å². The van der Waals surface area contributed by atoms with Crippen LogP contribution in [0.5, 0.6) is 0 Å². The first-order valence-corrected chi connectivity index (χ1v) is 6.31. The Morgan fingerprint density at radius 1 is 1.45 bits per heavy atom. The second kappa shape index (κ2) is 7.43. The van der Waals surface area contributed by atoms with Crippen LogP contribution >= 0.6 is 0 Å². The zero-order chi connectivity index (χ0) is 15.0. The fraction of sp³-hybridized carbons (Fsp3) is 0.333. The van der Waals surface area contributed by atoms with Crippen molar-refractivity contribution in [2.24, 2.45) is 0 Å². The minimum Gasteiger partial charge on any atom is -0.394 e. The van der Waals surface area contributed by atoms with Crippen molar-refractivity contribution in [3.63, 3.8) is 0 Å². The van der Waals surface area contributed by atoms with Crippen molar-refractivity contribution < 1.29 is 15.0 Å². The van der Waals surface area contributed by atoms with Crippen molar-refractivity contribution in [2.45, 2.75) is 18.9 Å². The highest BCUT2D eigenvalue weighted by Gasteiger charge is 2.27. The number of amides is 1. The molecule has 5 heteroatoms. The van der Waals surface area contributed by atoms with E-state index in [1.807, 2.05) is 6.07 Å². The summed E-state index contributed by atoms with van der Waals surface area (Å²) in [5.74, 6) is -0.405. The summed E-state index contributed by atoms with van der Waals surface area (Å²) in [7, 11) is 0. The van der Waals surface area contributed by atoms with Gasteiger partial charge in [-0.05, 0) is 30.2 Å². The molecule has 3 N–H and O–H groups in total. The van der Waals surface area contributed by atoms with Crippen LogP contribution in [0.25, 0.3) is 6.08 Å². The Balaban J connectivity index is 2.75. The summed E-state index contributed by atoms with van der Waals surface area (Å²) in [6, 6.07) is 8.86. The Kier molecular flexibility index (Phi) is 5.91. The third kappa shape index (κ3) is 4.19. The summed E-state index contributed by atoms with van der Waals surface area (Å²) in [5.41, 5.74) is 0.242. The van der Waals surface area contributed by atoms with Crippen molar-refractivity contribution in [1.82, 2.24) is 5.32 Å². The number of carbonyl (C=O) groups is 1. The van der Waals surface area contributed by atoms with Crippen LogP contribution in [-0.2, 0) is 4.79 Å². The molecule has 0 saturated carbocycles. The molecule has 0 aliphatic rings. The maximum absolute atomic E-state index is 11.8. The molecule has 1 amide bonds. The number of nitriles is 1. The summed E-state index contributed by atoms with van der Waals surface area (Å²) in [4.78, 5) is 11.8. The molecule has 0 radical (unpaired) electrons. The number of aliphatic hydroxyl groups excluding tert-OH is 2. The highest BCUT2D eigenvalue weighted by molar-refractivity contribution is 5.92. The first-order chi connectivity index (χ1) is 9.59. The maximum atomic E-state index is 11.8. The number of rotatable bonds is 6. The molecule has 0 unspecified atom stereocenters. The van der Waals surface area contributed by atoms with Crippen LogP contribution in [0.3, 0.4) is 0 Å². The quantitative estimate of drug-likeness (QED) is 0.669. The van der Waals surface area contributed by atoms with Crippen LogP contribution in [0.4, 0.5) is 0 Å². The lowest BCUT2D eigenvalue weighted by atomic mass is 9.98. The minimum absolute atomic E-state index is 0.330. The standard InChI is InChI=1S/C15H18N2O3/c1-2-15(10-18,11-19)17-14(20)7-6-12-4-3-5-13(8-12)9-16/h3-8,18-19H,2,10-11H2,1H3,(H,17,20)/b7-6+. The van der Waals surface area contributed by atoms with Gasteiger partial charge < -0.3 is 15.5 Å². The number of hydrogen-bond donors (Lipinski definition) is 3. The van der Waals surface area contributed by atoms with E-state index in [2.05, 4.69) is 5.32 Å². The molecule has 0 spiro atoms. The predicted molar refractivity (Wildman–Crippen MR) is 75.5 cm³/mol. The molecule has 106 valence electrons. The lowest BCUT2D eigenvalue weighted by Gasteiger charge is -2.28. The van der Waals surface area contributed by atoms with Crippen LogP contribution in [-0.4, -0.2) is 34.9 Å². The molecule has 0 aliphatic carbocycles. The summed E-state index contributed by atoms with van der Waals surface area (Å²) in [6.07, 6.45) is 3.31. The summed E-state index contributed by atoms with van der Waals surface area (Å²) in [6.45, 7) is 1.11. The Bertz CT molecular complexity index is 520. The SMILES string of the molecule is CCC(CO)(CO)NC(=O)/C=C/c1cccc(C#N)c1. The predicted octanol–water partition coefficient (Wildman–Crippen LogP) is 0.821. The van der Waals surface area contributed by atoms with Gasteiger partial charge in [-0.15, -0.1) is 0 Å². The van der Waals surface area contributed by atoms with Crippen LogP contribution in [0.1, 0.15) is 24.5 Å². The molecule has 0 saturated heterocycles. The molecule has 1 aromatic carbocycles. The molecular weight excluding hydrogens is 256 g/mol. The number of aliphatic hydroxyl groups is 2. The second-order valence-electron chi connectivity index (χ2n) is 4.51. The van der Waals surface area contributed by atoms with Gasteiger partial charge in [-0.1, -0.05) is 19.1 Å². The third-order valence-electron chi connectivity index (χ3n) is 3.11. The average Bonchev–Trinajstić information content (AvgIpc) is 2.51. The van der Waals surface area contributed by atoms with Crippen LogP contribution < -0.4 is 5.32 Å². The van der Waals surface area contributed by atoms with Gasteiger partial charge in [0.2, 0.25) is 5.91 Å². The van der Waals surface area contributed by atoms with E-state index in [0.29, 0.717) is 12.0 Å². The molecule has 1 rings (SSSR count). The van der Waals surface area contributed by atoms with Crippen molar-refractivity contribution in [3.05, 3.63) is 41.5 Å². The van der Waals surface area contributed by atoms with Gasteiger partial charge in [-0.25, -0.2) is 0 Å². The van der Waals surface area contributed by atoms with E-state index in [1.54, 1.807) is 37.3 Å².